The zero-order valence-electron chi connectivity index (χ0n) is 19.0. The summed E-state index contributed by atoms with van der Waals surface area (Å²) in [7, 11) is 0. The summed E-state index contributed by atoms with van der Waals surface area (Å²) in [6.07, 6.45) is 4.93. The number of carbonyl (C=O) groups is 1. The van der Waals surface area contributed by atoms with Crippen LogP contribution in [0.5, 0.6) is 0 Å². The van der Waals surface area contributed by atoms with E-state index < -0.39 is 17.2 Å². The van der Waals surface area contributed by atoms with Crippen molar-refractivity contribution in [2.75, 3.05) is 31.1 Å². The van der Waals surface area contributed by atoms with Gasteiger partial charge in [0.25, 0.3) is 11.5 Å². The second kappa shape index (κ2) is 9.13. The van der Waals surface area contributed by atoms with Gasteiger partial charge in [-0.3, -0.25) is 14.5 Å². The van der Waals surface area contributed by atoms with Crippen LogP contribution in [0.2, 0.25) is 0 Å². The van der Waals surface area contributed by atoms with Gasteiger partial charge in [-0.25, -0.2) is 13.8 Å². The first kappa shape index (κ1) is 22.5. The van der Waals surface area contributed by atoms with E-state index >= 15 is 4.39 Å². The summed E-state index contributed by atoms with van der Waals surface area (Å²) in [6, 6.07) is 6.51. The number of anilines is 1. The molecule has 2 fully saturated rings. The lowest BCUT2D eigenvalue weighted by molar-refractivity contribution is 0.0912. The topological polar surface area (TPSA) is 81.3 Å². The van der Waals surface area contributed by atoms with Gasteiger partial charge in [-0.1, -0.05) is 0 Å². The smallest absolute Gasteiger partial charge is 0.270 e. The first-order valence-corrected chi connectivity index (χ1v) is 11.6. The molecule has 2 N–H and O–H groups in total. The third-order valence-electron chi connectivity index (χ3n) is 6.84. The number of amides is 1. The highest BCUT2D eigenvalue weighted by Crippen LogP contribution is 2.25. The van der Waals surface area contributed by atoms with Crippen molar-refractivity contribution in [1.29, 1.82) is 0 Å². The van der Waals surface area contributed by atoms with Crippen molar-refractivity contribution in [2.24, 2.45) is 0 Å². The summed E-state index contributed by atoms with van der Waals surface area (Å²) in [5, 5.41) is 3.07. The van der Waals surface area contributed by atoms with Gasteiger partial charge in [0.1, 0.15) is 11.5 Å². The van der Waals surface area contributed by atoms with Crippen LogP contribution in [-0.2, 0) is 6.54 Å². The van der Waals surface area contributed by atoms with Crippen molar-refractivity contribution in [2.45, 2.75) is 38.8 Å². The highest BCUT2D eigenvalue weighted by atomic mass is 19.1. The van der Waals surface area contributed by atoms with Crippen LogP contribution in [0.15, 0.2) is 35.3 Å². The number of benzene rings is 1. The van der Waals surface area contributed by atoms with Crippen molar-refractivity contribution in [1.82, 2.24) is 20.2 Å². The van der Waals surface area contributed by atoms with E-state index in [4.69, 9.17) is 0 Å². The fourth-order valence-corrected chi connectivity index (χ4v) is 4.49. The largest absolute Gasteiger partial charge is 0.368 e. The maximum atomic E-state index is 15.1. The summed E-state index contributed by atoms with van der Waals surface area (Å²) in [4.78, 5) is 35.2. The van der Waals surface area contributed by atoms with Gasteiger partial charge in [0.2, 0.25) is 0 Å². The van der Waals surface area contributed by atoms with Crippen LogP contribution in [-0.4, -0.2) is 53.0 Å². The van der Waals surface area contributed by atoms with Crippen molar-refractivity contribution >= 4 is 22.5 Å². The van der Waals surface area contributed by atoms with Crippen molar-refractivity contribution < 1.29 is 13.6 Å². The number of rotatable bonds is 5. The summed E-state index contributed by atoms with van der Waals surface area (Å²) in [5.74, 6) is -1.27. The normalized spacial score (nSPS) is 17.1. The number of halogens is 2. The van der Waals surface area contributed by atoms with E-state index in [1.807, 2.05) is 6.07 Å². The number of H-pyrrole nitrogens is 1. The van der Waals surface area contributed by atoms with Crippen LogP contribution in [0.25, 0.3) is 10.9 Å². The number of hydrogen-bond donors (Lipinski definition) is 2. The van der Waals surface area contributed by atoms with E-state index in [9.17, 15) is 14.0 Å². The van der Waals surface area contributed by atoms with Gasteiger partial charge in [0.05, 0.1) is 17.4 Å². The van der Waals surface area contributed by atoms with Gasteiger partial charge >= 0.3 is 0 Å². The third kappa shape index (κ3) is 4.40. The number of nitrogens with zero attached hydrogens (tertiary/aromatic N) is 3. The maximum Gasteiger partial charge on any atom is 0.270 e. The van der Waals surface area contributed by atoms with Crippen LogP contribution in [0.3, 0.4) is 0 Å². The molecule has 0 unspecified atom stereocenters. The number of aromatic amines is 1. The molecule has 1 saturated carbocycles. The summed E-state index contributed by atoms with van der Waals surface area (Å²) in [5.41, 5.74) is 1.40. The number of nitrogens with one attached hydrogen (secondary N) is 2. The molecular weight excluding hydrogens is 440 g/mol. The molecule has 1 aliphatic carbocycles. The lowest BCUT2D eigenvalue weighted by atomic mass is 9.93. The third-order valence-corrected chi connectivity index (χ3v) is 6.84. The van der Waals surface area contributed by atoms with Gasteiger partial charge in [-0.05, 0) is 50.5 Å². The highest BCUT2D eigenvalue weighted by Gasteiger charge is 2.23. The molecule has 34 heavy (non-hydrogen) atoms. The van der Waals surface area contributed by atoms with E-state index in [1.165, 1.54) is 12.1 Å². The second-order valence-electron chi connectivity index (χ2n) is 9.17. The van der Waals surface area contributed by atoms with E-state index in [0.717, 1.165) is 24.9 Å². The minimum Gasteiger partial charge on any atom is -0.368 e. The van der Waals surface area contributed by atoms with Crippen molar-refractivity contribution in [3.63, 3.8) is 0 Å². The molecule has 0 radical (unpaired) electrons. The Kier molecular flexibility index (Phi) is 6.03. The Morgan fingerprint density at radius 2 is 1.94 bits per heavy atom. The molecule has 1 aliphatic heterocycles. The number of piperazine rings is 1. The Morgan fingerprint density at radius 1 is 1.18 bits per heavy atom. The number of aryl methyl sites for hydroxylation is 1. The van der Waals surface area contributed by atoms with Gasteiger partial charge in [0.15, 0.2) is 5.82 Å². The molecule has 0 atom stereocenters. The summed E-state index contributed by atoms with van der Waals surface area (Å²) >= 11 is 0. The monoisotopic (exact) mass is 467 g/mol. The molecule has 3 heterocycles. The molecule has 2 aliphatic rings. The molecule has 178 valence electrons. The van der Waals surface area contributed by atoms with Gasteiger partial charge < -0.3 is 15.2 Å². The number of hydrogen-bond acceptors (Lipinski definition) is 5. The average molecular weight is 468 g/mol. The molecule has 0 bridgehead atoms. The molecule has 5 rings (SSSR count). The number of aromatic nitrogens is 2. The molecule has 9 heteroatoms. The first-order valence-electron chi connectivity index (χ1n) is 11.6. The molecule has 1 amide bonds. The number of carbonyl (C=O) groups excluding carboxylic acids is 1. The molecule has 0 spiro atoms. The lowest BCUT2D eigenvalue weighted by Crippen LogP contribution is -2.46. The Hall–Kier alpha value is -3.33. The number of fused-ring (bicyclic) bond motifs is 1. The highest BCUT2D eigenvalue weighted by molar-refractivity contribution is 5.92. The maximum absolute atomic E-state index is 15.1. The van der Waals surface area contributed by atoms with Crippen molar-refractivity contribution in [3.05, 3.63) is 69.3 Å². The molecule has 2 aromatic heterocycles. The molecule has 7 nitrogen and oxygen atoms in total. The Morgan fingerprint density at radius 3 is 2.59 bits per heavy atom. The molecule has 1 aromatic carbocycles. The average Bonchev–Trinajstić information content (AvgIpc) is 2.81. The SMILES string of the molecule is Cc1cc2c(F)cc(CN3CCN(c4ccc(C(=O)NC5CCC5)nc4)CC3)c(F)c2[nH]c1=O. The van der Waals surface area contributed by atoms with Crippen LogP contribution in [0.4, 0.5) is 14.5 Å². The second-order valence-corrected chi connectivity index (χ2v) is 9.17. The summed E-state index contributed by atoms with van der Waals surface area (Å²) < 4.78 is 29.7. The van der Waals surface area contributed by atoms with E-state index in [1.54, 1.807) is 19.2 Å². The summed E-state index contributed by atoms with van der Waals surface area (Å²) in [6.45, 7) is 4.53. The predicted octanol–water partition coefficient (Wildman–Crippen LogP) is 3.11. The standard InChI is InChI=1S/C25H27F2N5O2/c1-15-11-19-20(26)12-16(22(27)23(19)30-24(15)33)14-31-7-9-32(10-8-31)18-5-6-21(28-13-18)25(34)29-17-3-2-4-17/h5-6,11-13,17H,2-4,7-10,14H2,1H3,(H,29,34)(H,30,33). The van der Waals surface area contributed by atoms with Crippen LogP contribution in [0, 0.1) is 18.6 Å². The minimum absolute atomic E-state index is 0.0838. The zero-order chi connectivity index (χ0) is 23.8. The lowest BCUT2D eigenvalue weighted by Gasteiger charge is -2.36. The first-order chi connectivity index (χ1) is 16.4. The number of pyridine rings is 2. The predicted molar refractivity (Wildman–Crippen MR) is 126 cm³/mol. The van der Waals surface area contributed by atoms with Gasteiger partial charge in [-0.2, -0.15) is 0 Å². The van der Waals surface area contributed by atoms with Crippen LogP contribution in [0.1, 0.15) is 40.9 Å². The Bertz CT molecular complexity index is 1280. The molecule has 1 saturated heterocycles. The Labute approximate surface area is 195 Å². The van der Waals surface area contributed by atoms with E-state index in [-0.39, 0.29) is 35.0 Å². The zero-order valence-corrected chi connectivity index (χ0v) is 19.0. The van der Waals surface area contributed by atoms with Gasteiger partial charge in [-0.15, -0.1) is 0 Å². The fourth-order valence-electron chi connectivity index (χ4n) is 4.49. The van der Waals surface area contributed by atoms with E-state index in [0.29, 0.717) is 37.4 Å². The van der Waals surface area contributed by atoms with Crippen LogP contribution >= 0.6 is 0 Å². The van der Waals surface area contributed by atoms with Crippen molar-refractivity contribution in [3.8, 4) is 0 Å². The van der Waals surface area contributed by atoms with Gasteiger partial charge in [0, 0.05) is 55.3 Å². The molecular formula is C25H27F2N5O2. The van der Waals surface area contributed by atoms with Crippen LogP contribution < -0.4 is 15.8 Å². The molecule has 3 aromatic rings. The minimum atomic E-state index is -0.587. The fraction of sp³-hybridized carbons (Fsp3) is 0.400. The Balaban J connectivity index is 1.22. The quantitative estimate of drug-likeness (QED) is 0.603. The van der Waals surface area contributed by atoms with E-state index in [2.05, 4.69) is 25.1 Å².